The van der Waals surface area contributed by atoms with E-state index in [9.17, 15) is 9.90 Å². The van der Waals surface area contributed by atoms with E-state index in [0.717, 1.165) is 5.06 Å². The van der Waals surface area contributed by atoms with Crippen molar-refractivity contribution in [2.24, 2.45) is 0 Å². The second-order valence-corrected chi connectivity index (χ2v) is 4.41. The van der Waals surface area contributed by atoms with Crippen molar-refractivity contribution >= 4 is 17.5 Å². The minimum atomic E-state index is -0.654. The maximum absolute atomic E-state index is 12.1. The summed E-state index contributed by atoms with van der Waals surface area (Å²) in [6.07, 6.45) is -0.654. The molecule has 2 heterocycles. The van der Waals surface area contributed by atoms with Crippen LogP contribution in [0, 0.1) is 0 Å². The van der Waals surface area contributed by atoms with Crippen LogP contribution in [0.25, 0.3) is 0 Å². The van der Waals surface area contributed by atoms with Crippen molar-refractivity contribution in [1.82, 2.24) is 5.06 Å². The van der Waals surface area contributed by atoms with E-state index in [-0.39, 0.29) is 25.9 Å². The molecule has 1 atom stereocenters. The molecular weight excluding hydrogens is 262 g/mol. The van der Waals surface area contributed by atoms with Gasteiger partial charge in [0.25, 0.3) is 5.91 Å². The van der Waals surface area contributed by atoms with Crippen LogP contribution in [0.4, 0.5) is 0 Å². The Kier molecular flexibility index (Phi) is 2.77. The van der Waals surface area contributed by atoms with E-state index in [1.807, 2.05) is 0 Å². The van der Waals surface area contributed by atoms with E-state index in [2.05, 4.69) is 0 Å². The maximum Gasteiger partial charge on any atom is 0.277 e. The molecule has 2 aliphatic heterocycles. The first-order chi connectivity index (χ1) is 8.65. The van der Waals surface area contributed by atoms with Gasteiger partial charge in [-0.3, -0.25) is 9.63 Å². The quantitative estimate of drug-likeness (QED) is 0.819. The molecule has 0 radical (unpaired) electrons. The third-order valence-corrected chi connectivity index (χ3v) is 2.98. The van der Waals surface area contributed by atoms with Crippen LogP contribution in [0.1, 0.15) is 10.4 Å². The van der Waals surface area contributed by atoms with Gasteiger partial charge in [0.1, 0.15) is 12.7 Å². The number of β-amino-alcohol motifs (C(OH)–C–C–N with tert-alkyl or cyclic N) is 1. The van der Waals surface area contributed by atoms with Crippen LogP contribution in [0.5, 0.6) is 11.5 Å². The van der Waals surface area contributed by atoms with Gasteiger partial charge in [0, 0.05) is 5.56 Å². The predicted octanol–water partition coefficient (Wildman–Crippen LogP) is 0.817. The number of hydroxylamine groups is 2. The Morgan fingerprint density at radius 2 is 2.28 bits per heavy atom. The number of amides is 1. The van der Waals surface area contributed by atoms with Gasteiger partial charge in [-0.15, -0.1) is 0 Å². The Balaban J connectivity index is 1.88. The molecule has 0 aliphatic carbocycles. The zero-order valence-corrected chi connectivity index (χ0v) is 10.0. The van der Waals surface area contributed by atoms with Gasteiger partial charge >= 0.3 is 0 Å². The molecule has 0 spiro atoms. The highest BCUT2D eigenvalue weighted by Crippen LogP contribution is 2.40. The summed E-state index contributed by atoms with van der Waals surface area (Å²) in [6, 6.07) is 3.04. The van der Waals surface area contributed by atoms with E-state index >= 15 is 0 Å². The number of carbonyl (C=O) groups is 1. The summed E-state index contributed by atoms with van der Waals surface area (Å²) < 4.78 is 10.3. The lowest BCUT2D eigenvalue weighted by Crippen LogP contribution is -2.28. The van der Waals surface area contributed by atoms with Crippen molar-refractivity contribution in [2.45, 2.75) is 6.10 Å². The molecule has 1 N–H and O–H groups in total. The standard InChI is InChI=1S/C11H10ClNO5/c12-8-1-6(2-9-10(8)17-5-16-9)11(15)13-3-7(14)4-18-13/h1-2,7,14H,3-5H2/t7-/m1/s1. The summed E-state index contributed by atoms with van der Waals surface area (Å²) >= 11 is 5.99. The monoisotopic (exact) mass is 271 g/mol. The van der Waals surface area contributed by atoms with Crippen molar-refractivity contribution in [1.29, 1.82) is 0 Å². The van der Waals surface area contributed by atoms with Gasteiger partial charge in [-0.05, 0) is 12.1 Å². The lowest BCUT2D eigenvalue weighted by molar-refractivity contribution is -0.0779. The van der Waals surface area contributed by atoms with Crippen molar-refractivity contribution < 1.29 is 24.2 Å². The van der Waals surface area contributed by atoms with Crippen LogP contribution in [-0.4, -0.2) is 42.1 Å². The second kappa shape index (κ2) is 4.31. The van der Waals surface area contributed by atoms with Gasteiger partial charge in [0.15, 0.2) is 11.5 Å². The molecule has 18 heavy (non-hydrogen) atoms. The normalized spacial score (nSPS) is 21.4. The average Bonchev–Trinajstić information content (AvgIpc) is 2.96. The second-order valence-electron chi connectivity index (χ2n) is 4.01. The Morgan fingerprint density at radius 1 is 1.44 bits per heavy atom. The summed E-state index contributed by atoms with van der Waals surface area (Å²) in [4.78, 5) is 17.1. The largest absolute Gasteiger partial charge is 0.454 e. The zero-order chi connectivity index (χ0) is 12.7. The molecule has 1 aromatic rings. The van der Waals surface area contributed by atoms with Gasteiger partial charge in [-0.2, -0.15) is 0 Å². The molecular formula is C11H10ClNO5. The highest BCUT2D eigenvalue weighted by atomic mass is 35.5. The van der Waals surface area contributed by atoms with Crippen LogP contribution in [0.3, 0.4) is 0 Å². The van der Waals surface area contributed by atoms with Crippen LogP contribution < -0.4 is 9.47 Å². The molecule has 7 heteroatoms. The van der Waals surface area contributed by atoms with Crippen molar-refractivity contribution in [2.75, 3.05) is 19.9 Å². The van der Waals surface area contributed by atoms with Gasteiger partial charge in [0.05, 0.1) is 11.6 Å². The number of nitrogens with zero attached hydrogens (tertiary/aromatic N) is 1. The molecule has 3 rings (SSSR count). The molecule has 1 aromatic carbocycles. The van der Waals surface area contributed by atoms with Crippen LogP contribution >= 0.6 is 11.6 Å². The third kappa shape index (κ3) is 1.88. The summed E-state index contributed by atoms with van der Waals surface area (Å²) in [5.41, 5.74) is 0.332. The van der Waals surface area contributed by atoms with Crippen LogP contribution in [-0.2, 0) is 4.84 Å². The van der Waals surface area contributed by atoms with Crippen LogP contribution in [0.15, 0.2) is 12.1 Å². The number of ether oxygens (including phenoxy) is 2. The topological polar surface area (TPSA) is 68.2 Å². The fourth-order valence-corrected chi connectivity index (χ4v) is 2.11. The number of carbonyl (C=O) groups excluding carboxylic acids is 1. The van der Waals surface area contributed by atoms with Crippen molar-refractivity contribution in [3.63, 3.8) is 0 Å². The lowest BCUT2D eigenvalue weighted by atomic mass is 10.2. The SMILES string of the molecule is O=C(c1cc(Cl)c2c(c1)OCO2)N1C[C@@H](O)CO1. The maximum atomic E-state index is 12.1. The number of aliphatic hydroxyl groups excluding tert-OH is 1. The Hall–Kier alpha value is -1.50. The predicted molar refractivity (Wildman–Crippen MR) is 60.6 cm³/mol. The summed E-state index contributed by atoms with van der Waals surface area (Å²) in [6.45, 7) is 0.348. The first kappa shape index (κ1) is 11.6. The number of fused-ring (bicyclic) bond motifs is 1. The van der Waals surface area contributed by atoms with E-state index in [1.54, 1.807) is 6.07 Å². The fraction of sp³-hybridized carbons (Fsp3) is 0.364. The Labute approximate surface area is 108 Å². The molecule has 0 bridgehead atoms. The first-order valence-electron chi connectivity index (χ1n) is 5.37. The summed E-state index contributed by atoms with van der Waals surface area (Å²) in [5.74, 6) is 0.507. The number of rotatable bonds is 1. The van der Waals surface area contributed by atoms with Crippen LogP contribution in [0.2, 0.25) is 5.02 Å². The highest BCUT2D eigenvalue weighted by Gasteiger charge is 2.29. The number of benzene rings is 1. The van der Waals surface area contributed by atoms with E-state index in [1.165, 1.54) is 6.07 Å². The average molecular weight is 272 g/mol. The van der Waals surface area contributed by atoms with E-state index in [4.69, 9.17) is 25.9 Å². The molecule has 0 saturated carbocycles. The minimum Gasteiger partial charge on any atom is -0.454 e. The van der Waals surface area contributed by atoms with E-state index in [0.29, 0.717) is 22.1 Å². The molecule has 0 aromatic heterocycles. The summed E-state index contributed by atoms with van der Waals surface area (Å²) in [5, 5.41) is 10.7. The van der Waals surface area contributed by atoms with Gasteiger partial charge in [-0.25, -0.2) is 5.06 Å². The van der Waals surface area contributed by atoms with Gasteiger partial charge in [-0.1, -0.05) is 11.6 Å². The molecule has 1 amide bonds. The lowest BCUT2D eigenvalue weighted by Gasteiger charge is -2.14. The number of aliphatic hydroxyl groups is 1. The fourth-order valence-electron chi connectivity index (χ4n) is 1.85. The first-order valence-corrected chi connectivity index (χ1v) is 5.75. The van der Waals surface area contributed by atoms with E-state index < -0.39 is 6.10 Å². The molecule has 0 unspecified atom stereocenters. The zero-order valence-electron chi connectivity index (χ0n) is 9.26. The molecule has 96 valence electrons. The smallest absolute Gasteiger partial charge is 0.277 e. The highest BCUT2D eigenvalue weighted by molar-refractivity contribution is 6.32. The minimum absolute atomic E-state index is 0.0889. The number of hydrogen-bond donors (Lipinski definition) is 1. The molecule has 2 aliphatic rings. The molecule has 6 nitrogen and oxygen atoms in total. The molecule has 1 saturated heterocycles. The van der Waals surface area contributed by atoms with Gasteiger partial charge < -0.3 is 14.6 Å². The summed E-state index contributed by atoms with van der Waals surface area (Å²) in [7, 11) is 0. The van der Waals surface area contributed by atoms with Crippen molar-refractivity contribution in [3.05, 3.63) is 22.7 Å². The molecule has 1 fully saturated rings. The van der Waals surface area contributed by atoms with Crippen molar-refractivity contribution in [3.8, 4) is 11.5 Å². The third-order valence-electron chi connectivity index (χ3n) is 2.70. The number of halogens is 1. The Morgan fingerprint density at radius 3 is 3.00 bits per heavy atom. The number of hydrogen-bond acceptors (Lipinski definition) is 5. The Bertz CT molecular complexity index is 506. The van der Waals surface area contributed by atoms with Gasteiger partial charge in [0.2, 0.25) is 6.79 Å².